The normalized spacial score (nSPS) is 13.9. The predicted octanol–water partition coefficient (Wildman–Crippen LogP) is 6.29. The van der Waals surface area contributed by atoms with Gasteiger partial charge in [0.15, 0.2) is 0 Å². The fourth-order valence-electron chi connectivity index (χ4n) is 3.61. The molecule has 3 aromatic rings. The van der Waals surface area contributed by atoms with Gasteiger partial charge < -0.3 is 14.7 Å². The summed E-state index contributed by atoms with van der Waals surface area (Å²) in [5, 5.41) is 9.36. The van der Waals surface area contributed by atoms with Gasteiger partial charge >= 0.3 is 12.3 Å². The number of anilines is 1. The molecule has 0 bridgehead atoms. The first-order valence-corrected chi connectivity index (χ1v) is 10.5. The molecule has 3 aromatic carbocycles. The molecule has 0 atom stereocenters. The Morgan fingerprint density at radius 1 is 1.00 bits per heavy atom. The molecule has 0 saturated carbocycles. The standard InChI is InChI=1S/C25H19F4N3O3/c26-19-6-3-16(4-7-19)14-30-21-9-5-18(24(33)34)13-22(21)31-15-32-11-1-2-17-12-20(8-10-23(17)32)35-25(27,28)29/h3-10,12-15H,1-2,11H2,(H,33,34)/b30-14+,31-15+. The lowest BCUT2D eigenvalue weighted by Crippen LogP contribution is -2.28. The van der Waals surface area contributed by atoms with Crippen LogP contribution < -0.4 is 9.64 Å². The topological polar surface area (TPSA) is 74.5 Å². The summed E-state index contributed by atoms with van der Waals surface area (Å²) in [6.07, 6.45) is -0.507. The highest BCUT2D eigenvalue weighted by molar-refractivity contribution is 5.92. The Hall–Kier alpha value is -4.21. The molecular weight excluding hydrogens is 466 g/mol. The monoisotopic (exact) mass is 485 g/mol. The molecule has 0 aliphatic carbocycles. The molecule has 1 aliphatic rings. The van der Waals surface area contributed by atoms with E-state index >= 15 is 0 Å². The van der Waals surface area contributed by atoms with E-state index in [1.807, 2.05) is 0 Å². The fraction of sp³-hybridized carbons (Fsp3) is 0.160. The Kier molecular flexibility index (Phi) is 6.81. The van der Waals surface area contributed by atoms with Crippen molar-refractivity contribution in [2.45, 2.75) is 19.2 Å². The van der Waals surface area contributed by atoms with E-state index in [2.05, 4.69) is 14.7 Å². The van der Waals surface area contributed by atoms with Crippen molar-refractivity contribution < 1.29 is 32.2 Å². The van der Waals surface area contributed by atoms with Crippen molar-refractivity contribution in [1.29, 1.82) is 0 Å². The van der Waals surface area contributed by atoms with Crippen LogP contribution in [0.25, 0.3) is 0 Å². The van der Waals surface area contributed by atoms with Crippen molar-refractivity contribution in [3.8, 4) is 5.75 Å². The number of carboxylic acids is 1. The molecule has 0 spiro atoms. The average molecular weight is 485 g/mol. The number of alkyl halides is 3. The zero-order chi connectivity index (χ0) is 25.0. The van der Waals surface area contributed by atoms with Gasteiger partial charge in [0.05, 0.1) is 23.3 Å². The molecule has 1 aliphatic heterocycles. The Bertz CT molecular complexity index is 1290. The zero-order valence-corrected chi connectivity index (χ0v) is 18.2. The van der Waals surface area contributed by atoms with E-state index in [9.17, 15) is 27.5 Å². The van der Waals surface area contributed by atoms with Crippen LogP contribution in [0, 0.1) is 5.82 Å². The van der Waals surface area contributed by atoms with Gasteiger partial charge in [-0.2, -0.15) is 0 Å². The van der Waals surface area contributed by atoms with Crippen molar-refractivity contribution in [2.24, 2.45) is 9.98 Å². The summed E-state index contributed by atoms with van der Waals surface area (Å²) in [5.74, 6) is -1.80. The molecule has 0 radical (unpaired) electrons. The predicted molar refractivity (Wildman–Crippen MR) is 124 cm³/mol. The first-order valence-electron chi connectivity index (χ1n) is 10.5. The minimum absolute atomic E-state index is 0.0193. The van der Waals surface area contributed by atoms with Crippen molar-refractivity contribution in [3.63, 3.8) is 0 Å². The van der Waals surface area contributed by atoms with E-state index in [1.165, 1.54) is 61.1 Å². The molecule has 1 heterocycles. The molecule has 0 saturated heterocycles. The third-order valence-electron chi connectivity index (χ3n) is 5.22. The van der Waals surface area contributed by atoms with E-state index in [0.717, 1.165) is 0 Å². The smallest absolute Gasteiger partial charge is 0.478 e. The quantitative estimate of drug-likeness (QED) is 0.253. The molecule has 1 N–H and O–H groups in total. The Morgan fingerprint density at radius 3 is 2.49 bits per heavy atom. The largest absolute Gasteiger partial charge is 0.573 e. The number of benzene rings is 3. The number of carbonyl (C=O) groups is 1. The molecule has 35 heavy (non-hydrogen) atoms. The Morgan fingerprint density at radius 2 is 1.77 bits per heavy atom. The number of halogens is 4. The van der Waals surface area contributed by atoms with Gasteiger partial charge in [-0.1, -0.05) is 12.1 Å². The fourth-order valence-corrected chi connectivity index (χ4v) is 3.61. The first-order chi connectivity index (χ1) is 16.7. The Labute approximate surface area is 197 Å². The lowest BCUT2D eigenvalue weighted by atomic mass is 10.0. The Balaban J connectivity index is 1.62. The van der Waals surface area contributed by atoms with Crippen molar-refractivity contribution in [3.05, 3.63) is 83.2 Å². The number of rotatable bonds is 6. The van der Waals surface area contributed by atoms with Gasteiger partial charge in [-0.3, -0.25) is 4.99 Å². The number of aryl methyl sites for hydroxylation is 1. The lowest BCUT2D eigenvalue weighted by molar-refractivity contribution is -0.274. The summed E-state index contributed by atoms with van der Waals surface area (Å²) in [7, 11) is 0. The van der Waals surface area contributed by atoms with Crippen LogP contribution >= 0.6 is 0 Å². The van der Waals surface area contributed by atoms with Crippen LogP contribution in [0.2, 0.25) is 0 Å². The van der Waals surface area contributed by atoms with Crippen LogP contribution in [0.3, 0.4) is 0 Å². The van der Waals surface area contributed by atoms with Crippen LogP contribution in [0.1, 0.15) is 27.9 Å². The number of ether oxygens (including phenoxy) is 1. The molecule has 0 unspecified atom stereocenters. The van der Waals surface area contributed by atoms with Crippen LogP contribution in [0.4, 0.5) is 34.6 Å². The van der Waals surface area contributed by atoms with Gasteiger partial charge in [0.1, 0.15) is 11.6 Å². The second kappa shape index (κ2) is 9.96. The molecule has 4 rings (SSSR count). The van der Waals surface area contributed by atoms with Gasteiger partial charge in [-0.15, -0.1) is 13.2 Å². The minimum atomic E-state index is -4.77. The lowest BCUT2D eigenvalue weighted by Gasteiger charge is -2.28. The molecule has 0 aromatic heterocycles. The molecule has 180 valence electrons. The van der Waals surface area contributed by atoms with Crippen LogP contribution in [0.15, 0.2) is 70.6 Å². The third-order valence-corrected chi connectivity index (χ3v) is 5.22. The number of aliphatic imine (C=N–C) groups is 2. The maximum Gasteiger partial charge on any atom is 0.573 e. The number of nitrogens with zero attached hydrogens (tertiary/aromatic N) is 3. The van der Waals surface area contributed by atoms with Crippen LogP contribution in [-0.2, 0) is 6.42 Å². The maximum absolute atomic E-state index is 13.1. The van der Waals surface area contributed by atoms with E-state index in [0.29, 0.717) is 41.9 Å². The number of carboxylic acid groups (broad SMARTS) is 1. The molecule has 6 nitrogen and oxygen atoms in total. The van der Waals surface area contributed by atoms with Gasteiger partial charge in [0.25, 0.3) is 0 Å². The number of hydrogen-bond donors (Lipinski definition) is 1. The van der Waals surface area contributed by atoms with Gasteiger partial charge in [-0.25, -0.2) is 14.2 Å². The average Bonchev–Trinajstić information content (AvgIpc) is 2.81. The number of aromatic carboxylic acids is 1. The van der Waals surface area contributed by atoms with Crippen LogP contribution in [0.5, 0.6) is 5.75 Å². The first kappa shape index (κ1) is 23.9. The van der Waals surface area contributed by atoms with Crippen LogP contribution in [-0.4, -0.2) is 36.5 Å². The minimum Gasteiger partial charge on any atom is -0.478 e. The third kappa shape index (κ3) is 6.23. The number of hydrogen-bond acceptors (Lipinski definition) is 4. The summed E-state index contributed by atoms with van der Waals surface area (Å²) in [6.45, 7) is 0.572. The summed E-state index contributed by atoms with van der Waals surface area (Å²) in [5.41, 5.74) is 2.70. The maximum atomic E-state index is 13.1. The van der Waals surface area contributed by atoms with Gasteiger partial charge in [0.2, 0.25) is 0 Å². The summed E-state index contributed by atoms with van der Waals surface area (Å²) in [4.78, 5) is 22.0. The second-order valence-electron chi connectivity index (χ2n) is 7.70. The van der Waals surface area contributed by atoms with E-state index in [-0.39, 0.29) is 22.8 Å². The SMILES string of the molecule is O=C(O)c1ccc(/N=C/c2ccc(F)cc2)c(/N=C/N2CCCc3cc(OC(F)(F)F)ccc32)c1. The molecule has 0 amide bonds. The molecule has 10 heteroatoms. The zero-order valence-electron chi connectivity index (χ0n) is 18.2. The molecular formula is C25H19F4N3O3. The molecule has 0 fully saturated rings. The van der Waals surface area contributed by atoms with E-state index in [4.69, 9.17) is 0 Å². The summed E-state index contributed by atoms with van der Waals surface area (Å²) in [6, 6.07) is 14.1. The van der Waals surface area contributed by atoms with Crippen molar-refractivity contribution in [1.82, 2.24) is 0 Å². The highest BCUT2D eigenvalue weighted by Gasteiger charge is 2.31. The van der Waals surface area contributed by atoms with E-state index in [1.54, 1.807) is 17.0 Å². The van der Waals surface area contributed by atoms with E-state index < -0.39 is 12.3 Å². The van der Waals surface area contributed by atoms with Crippen molar-refractivity contribution in [2.75, 3.05) is 11.4 Å². The van der Waals surface area contributed by atoms with Crippen molar-refractivity contribution >= 4 is 35.6 Å². The second-order valence-corrected chi connectivity index (χ2v) is 7.70. The summed E-state index contributed by atoms with van der Waals surface area (Å²) < 4.78 is 54.8. The van der Waals surface area contributed by atoms with Gasteiger partial charge in [-0.05, 0) is 72.5 Å². The highest BCUT2D eigenvalue weighted by Crippen LogP contribution is 2.33. The summed E-state index contributed by atoms with van der Waals surface area (Å²) >= 11 is 0. The highest BCUT2D eigenvalue weighted by atomic mass is 19.4. The van der Waals surface area contributed by atoms with Gasteiger partial charge in [0, 0.05) is 18.4 Å². The number of fused-ring (bicyclic) bond motifs is 1.